The number of nitrogens with two attached hydrogens (primary N) is 1. The van der Waals surface area contributed by atoms with E-state index in [0.717, 1.165) is 11.3 Å². The molecule has 0 radical (unpaired) electrons. The minimum atomic E-state index is -1.19. The van der Waals surface area contributed by atoms with Crippen molar-refractivity contribution in [2.75, 3.05) is 6.61 Å². The van der Waals surface area contributed by atoms with Crippen molar-refractivity contribution < 1.29 is 24.9 Å². The van der Waals surface area contributed by atoms with Crippen molar-refractivity contribution in [1.29, 1.82) is 0 Å². The van der Waals surface area contributed by atoms with Crippen LogP contribution >= 0.6 is 11.3 Å². The molecule has 1 amide bonds. The van der Waals surface area contributed by atoms with Crippen LogP contribution in [0.5, 0.6) is 0 Å². The van der Waals surface area contributed by atoms with Gasteiger partial charge in [0.1, 0.15) is 24.4 Å². The molecule has 17 heavy (non-hydrogen) atoms. The molecular weight excluding hydrogens is 248 g/mol. The number of aliphatic hydroxyl groups excluding tert-OH is 3. The average molecular weight is 260 g/mol. The van der Waals surface area contributed by atoms with E-state index in [1.54, 1.807) is 0 Å². The summed E-state index contributed by atoms with van der Waals surface area (Å²) < 4.78 is 5.26. The van der Waals surface area contributed by atoms with Crippen LogP contribution in [0.4, 0.5) is 0 Å². The van der Waals surface area contributed by atoms with E-state index in [4.69, 9.17) is 15.6 Å². The molecule has 1 aliphatic heterocycles. The molecule has 7 nitrogen and oxygen atoms in total. The second-order valence-electron chi connectivity index (χ2n) is 3.70. The summed E-state index contributed by atoms with van der Waals surface area (Å²) in [6.45, 7) is -0.401. The van der Waals surface area contributed by atoms with Gasteiger partial charge in [0.25, 0.3) is 5.91 Å². The molecule has 0 unspecified atom stereocenters. The van der Waals surface area contributed by atoms with Gasteiger partial charge >= 0.3 is 0 Å². The normalized spacial score (nSPS) is 32.9. The Morgan fingerprint density at radius 3 is 2.71 bits per heavy atom. The number of ether oxygens (including phenoxy) is 1. The van der Waals surface area contributed by atoms with Gasteiger partial charge in [0, 0.05) is 5.38 Å². The lowest BCUT2D eigenvalue weighted by atomic mass is 10.1. The maximum Gasteiger partial charge on any atom is 0.277 e. The Morgan fingerprint density at radius 2 is 2.24 bits per heavy atom. The first-order chi connectivity index (χ1) is 8.04. The molecule has 1 aliphatic rings. The van der Waals surface area contributed by atoms with Crippen molar-refractivity contribution >= 4 is 17.2 Å². The SMILES string of the molecule is NC(=O)c1nc([C@H]2O[C@@H](CO)[C@@H](O)[C@@H]2O)cs1. The van der Waals surface area contributed by atoms with Crippen molar-refractivity contribution in [1.82, 2.24) is 4.98 Å². The minimum Gasteiger partial charge on any atom is -0.394 e. The van der Waals surface area contributed by atoms with E-state index in [1.165, 1.54) is 5.38 Å². The number of aromatic nitrogens is 1. The van der Waals surface area contributed by atoms with E-state index in [-0.39, 0.29) is 5.01 Å². The summed E-state index contributed by atoms with van der Waals surface area (Å²) in [6.07, 6.45) is -4.07. The largest absolute Gasteiger partial charge is 0.394 e. The summed E-state index contributed by atoms with van der Waals surface area (Å²) in [5.74, 6) is -0.659. The van der Waals surface area contributed by atoms with Gasteiger partial charge in [-0.3, -0.25) is 4.79 Å². The number of nitrogens with zero attached hydrogens (tertiary/aromatic N) is 1. The monoisotopic (exact) mass is 260 g/mol. The summed E-state index contributed by atoms with van der Waals surface area (Å²) >= 11 is 1.04. The third kappa shape index (κ3) is 2.17. The van der Waals surface area contributed by atoms with Crippen LogP contribution in [-0.2, 0) is 4.74 Å². The summed E-state index contributed by atoms with van der Waals surface area (Å²) in [5.41, 5.74) is 5.38. The van der Waals surface area contributed by atoms with Gasteiger partial charge in [-0.25, -0.2) is 4.98 Å². The first-order valence-corrected chi connectivity index (χ1v) is 5.80. The van der Waals surface area contributed by atoms with E-state index < -0.39 is 36.9 Å². The second kappa shape index (κ2) is 4.67. The van der Waals surface area contributed by atoms with Gasteiger partial charge < -0.3 is 25.8 Å². The number of primary amides is 1. The molecule has 1 aromatic rings. The van der Waals surface area contributed by atoms with E-state index in [9.17, 15) is 15.0 Å². The summed E-state index contributed by atoms with van der Waals surface area (Å²) in [5, 5.41) is 29.8. The number of hydrogen-bond donors (Lipinski definition) is 4. The molecule has 0 spiro atoms. The van der Waals surface area contributed by atoms with Crippen LogP contribution in [0.15, 0.2) is 5.38 Å². The Morgan fingerprint density at radius 1 is 1.53 bits per heavy atom. The third-order valence-corrected chi connectivity index (χ3v) is 3.44. The smallest absolute Gasteiger partial charge is 0.277 e. The van der Waals surface area contributed by atoms with Crippen LogP contribution < -0.4 is 5.73 Å². The highest BCUT2D eigenvalue weighted by Gasteiger charge is 2.44. The number of carbonyl (C=O) groups excluding carboxylic acids is 1. The maximum absolute atomic E-state index is 10.9. The molecule has 4 atom stereocenters. The van der Waals surface area contributed by atoms with E-state index in [2.05, 4.69) is 4.98 Å². The number of aliphatic hydroxyl groups is 3. The molecule has 5 N–H and O–H groups in total. The van der Waals surface area contributed by atoms with Crippen LogP contribution in [0, 0.1) is 0 Å². The number of hydrogen-bond acceptors (Lipinski definition) is 7. The van der Waals surface area contributed by atoms with E-state index in [0.29, 0.717) is 5.69 Å². The molecule has 0 aliphatic carbocycles. The molecule has 1 aromatic heterocycles. The molecule has 8 heteroatoms. The fourth-order valence-corrected chi connectivity index (χ4v) is 2.37. The highest BCUT2D eigenvalue weighted by molar-refractivity contribution is 7.11. The van der Waals surface area contributed by atoms with Gasteiger partial charge in [-0.15, -0.1) is 11.3 Å². The van der Waals surface area contributed by atoms with Gasteiger partial charge in [-0.2, -0.15) is 0 Å². The van der Waals surface area contributed by atoms with Crippen molar-refractivity contribution in [2.45, 2.75) is 24.4 Å². The zero-order valence-electron chi connectivity index (χ0n) is 8.68. The molecule has 2 rings (SSSR count). The predicted molar refractivity (Wildman–Crippen MR) is 57.3 cm³/mol. The topological polar surface area (TPSA) is 126 Å². The number of amides is 1. The number of rotatable bonds is 3. The van der Waals surface area contributed by atoms with E-state index >= 15 is 0 Å². The quantitative estimate of drug-likeness (QED) is 0.518. The molecule has 94 valence electrons. The second-order valence-corrected chi connectivity index (χ2v) is 4.56. The molecule has 0 aromatic carbocycles. The zero-order chi connectivity index (χ0) is 12.6. The molecule has 1 fully saturated rings. The van der Waals surface area contributed by atoms with Crippen LogP contribution in [0.3, 0.4) is 0 Å². The van der Waals surface area contributed by atoms with Gasteiger partial charge in [-0.05, 0) is 0 Å². The van der Waals surface area contributed by atoms with Crippen LogP contribution in [0.25, 0.3) is 0 Å². The number of thiazole rings is 1. The highest BCUT2D eigenvalue weighted by Crippen LogP contribution is 2.33. The lowest BCUT2D eigenvalue weighted by Gasteiger charge is -2.11. The van der Waals surface area contributed by atoms with E-state index in [1.807, 2.05) is 0 Å². The Labute approximate surface area is 100 Å². The van der Waals surface area contributed by atoms with Crippen LogP contribution in [0.1, 0.15) is 21.6 Å². The number of carbonyl (C=O) groups is 1. The Balaban J connectivity index is 2.19. The van der Waals surface area contributed by atoms with Crippen molar-refractivity contribution in [3.63, 3.8) is 0 Å². The van der Waals surface area contributed by atoms with Crippen LogP contribution in [-0.4, -0.2) is 51.1 Å². The lowest BCUT2D eigenvalue weighted by molar-refractivity contribution is -0.0238. The van der Waals surface area contributed by atoms with Crippen molar-refractivity contribution in [3.05, 3.63) is 16.1 Å². The molecular formula is C9H12N2O5S. The Kier molecular flexibility index (Phi) is 3.40. The summed E-state index contributed by atoms with van der Waals surface area (Å²) in [4.78, 5) is 14.8. The lowest BCUT2D eigenvalue weighted by Crippen LogP contribution is -2.32. The molecule has 0 saturated carbocycles. The summed E-state index contributed by atoms with van der Waals surface area (Å²) in [6, 6.07) is 0. The first kappa shape index (κ1) is 12.4. The molecule has 2 heterocycles. The highest BCUT2D eigenvalue weighted by atomic mass is 32.1. The van der Waals surface area contributed by atoms with Crippen LogP contribution in [0.2, 0.25) is 0 Å². The standard InChI is InChI=1S/C9H12N2O5S/c10-8(15)9-11-3(2-17-9)7-6(14)5(13)4(1-12)16-7/h2,4-7,12-14H,1H2,(H2,10,15)/t4-,5+,6-,7+/m0/s1. The summed E-state index contributed by atoms with van der Waals surface area (Å²) in [7, 11) is 0. The first-order valence-electron chi connectivity index (χ1n) is 4.92. The fourth-order valence-electron chi connectivity index (χ4n) is 1.67. The molecule has 0 bridgehead atoms. The molecule has 1 saturated heterocycles. The minimum absolute atomic E-state index is 0.109. The Bertz CT molecular complexity index is 423. The predicted octanol–water partition coefficient (Wildman–Crippen LogP) is -1.60. The van der Waals surface area contributed by atoms with Crippen molar-refractivity contribution in [3.8, 4) is 0 Å². The third-order valence-electron chi connectivity index (χ3n) is 2.57. The van der Waals surface area contributed by atoms with Gasteiger partial charge in [0.2, 0.25) is 0 Å². The van der Waals surface area contributed by atoms with Gasteiger partial charge in [-0.1, -0.05) is 0 Å². The average Bonchev–Trinajstić information content (AvgIpc) is 2.87. The van der Waals surface area contributed by atoms with Crippen molar-refractivity contribution in [2.24, 2.45) is 5.73 Å². The fraction of sp³-hybridized carbons (Fsp3) is 0.556. The van der Waals surface area contributed by atoms with Gasteiger partial charge in [0.05, 0.1) is 12.3 Å². The zero-order valence-corrected chi connectivity index (χ0v) is 9.50. The maximum atomic E-state index is 10.9. The van der Waals surface area contributed by atoms with Gasteiger partial charge in [0.15, 0.2) is 5.01 Å². The Hall–Kier alpha value is -1.06.